The Labute approximate surface area is 115 Å². The third-order valence-electron chi connectivity index (χ3n) is 2.70. The van der Waals surface area contributed by atoms with Gasteiger partial charge in [-0.2, -0.15) is 13.2 Å². The number of halogens is 3. The summed E-state index contributed by atoms with van der Waals surface area (Å²) in [5, 5.41) is 8.60. The first-order chi connectivity index (χ1) is 9.34. The number of carbonyl (C=O) groups is 1. The van der Waals surface area contributed by atoms with Crippen LogP contribution in [0.2, 0.25) is 0 Å². The van der Waals surface area contributed by atoms with Crippen LogP contribution in [0.25, 0.3) is 0 Å². The molecule has 1 rings (SSSR count). The van der Waals surface area contributed by atoms with Crippen molar-refractivity contribution in [2.24, 2.45) is 0 Å². The topological polar surface area (TPSA) is 37.3 Å². The Bertz CT molecular complexity index is 536. The number of alkyl halides is 3. The molecular weight excluding hydrogens is 269 g/mol. The van der Waals surface area contributed by atoms with E-state index in [0.29, 0.717) is 29.5 Å². The summed E-state index contributed by atoms with van der Waals surface area (Å²) in [5.74, 6) is 3.97. The van der Waals surface area contributed by atoms with Gasteiger partial charge in [-0.1, -0.05) is 17.9 Å². The van der Waals surface area contributed by atoms with Crippen LogP contribution in [0.15, 0.2) is 18.2 Å². The molecule has 0 atom stereocenters. The summed E-state index contributed by atoms with van der Waals surface area (Å²) in [6.45, 7) is 1.73. The van der Waals surface area contributed by atoms with Crippen molar-refractivity contribution in [1.82, 2.24) is 0 Å². The number of hydrogen-bond acceptors (Lipinski definition) is 2. The van der Waals surface area contributed by atoms with Gasteiger partial charge in [0.25, 0.3) is 0 Å². The van der Waals surface area contributed by atoms with Crippen LogP contribution in [-0.2, 0) is 11.2 Å². The van der Waals surface area contributed by atoms with Gasteiger partial charge < -0.3 is 5.11 Å². The summed E-state index contributed by atoms with van der Waals surface area (Å²) in [6, 6.07) is 4.75. The Kier molecular flexibility index (Phi) is 5.78. The molecular formula is C15H15F3O2. The number of aryl methyl sites for hydroxylation is 1. The van der Waals surface area contributed by atoms with Gasteiger partial charge in [0.2, 0.25) is 5.78 Å². The highest BCUT2D eigenvalue weighted by atomic mass is 19.4. The van der Waals surface area contributed by atoms with Crippen LogP contribution in [0.1, 0.15) is 29.5 Å². The lowest BCUT2D eigenvalue weighted by Gasteiger charge is -2.08. The molecule has 0 saturated carbocycles. The molecule has 0 heterocycles. The SMILES string of the molecule is Cc1cc(C#CCCCO)ccc1CC(=O)C(F)(F)F. The molecule has 0 bridgehead atoms. The molecule has 0 amide bonds. The fourth-order valence-corrected chi connectivity index (χ4v) is 1.58. The lowest BCUT2D eigenvalue weighted by molar-refractivity contribution is -0.170. The molecule has 0 aliphatic rings. The van der Waals surface area contributed by atoms with E-state index in [4.69, 9.17) is 5.11 Å². The van der Waals surface area contributed by atoms with Crippen molar-refractivity contribution in [3.63, 3.8) is 0 Å². The average molecular weight is 284 g/mol. The summed E-state index contributed by atoms with van der Waals surface area (Å²) in [4.78, 5) is 10.9. The number of aliphatic hydroxyl groups excluding tert-OH is 1. The van der Waals surface area contributed by atoms with Crippen LogP contribution in [0.5, 0.6) is 0 Å². The van der Waals surface area contributed by atoms with E-state index >= 15 is 0 Å². The number of unbranched alkanes of at least 4 members (excludes halogenated alkanes) is 1. The molecule has 0 radical (unpaired) electrons. The zero-order valence-corrected chi connectivity index (χ0v) is 11.0. The highest BCUT2D eigenvalue weighted by Gasteiger charge is 2.37. The molecule has 0 aliphatic heterocycles. The third-order valence-corrected chi connectivity index (χ3v) is 2.70. The smallest absolute Gasteiger partial charge is 0.396 e. The Morgan fingerprint density at radius 2 is 2.05 bits per heavy atom. The Morgan fingerprint density at radius 3 is 2.60 bits per heavy atom. The number of carbonyl (C=O) groups excluding carboxylic acids is 1. The lowest BCUT2D eigenvalue weighted by Crippen LogP contribution is -2.24. The van der Waals surface area contributed by atoms with Crippen molar-refractivity contribution in [1.29, 1.82) is 0 Å². The standard InChI is InChI=1S/C15H15F3O2/c1-11-9-12(5-3-2-4-8-19)6-7-13(11)10-14(20)15(16,17)18/h6-7,9,19H,2,4,8,10H2,1H3. The second-order valence-electron chi connectivity index (χ2n) is 4.37. The van der Waals surface area contributed by atoms with Crippen LogP contribution in [0, 0.1) is 18.8 Å². The Morgan fingerprint density at radius 1 is 1.35 bits per heavy atom. The summed E-state index contributed by atoms with van der Waals surface area (Å²) in [7, 11) is 0. The number of benzene rings is 1. The van der Waals surface area contributed by atoms with Crippen LogP contribution in [-0.4, -0.2) is 23.7 Å². The van der Waals surface area contributed by atoms with Crippen molar-refractivity contribution < 1.29 is 23.1 Å². The van der Waals surface area contributed by atoms with Crippen molar-refractivity contribution in [2.45, 2.75) is 32.4 Å². The minimum Gasteiger partial charge on any atom is -0.396 e. The van der Waals surface area contributed by atoms with Gasteiger partial charge in [-0.25, -0.2) is 0 Å². The van der Waals surface area contributed by atoms with Gasteiger partial charge in [0.05, 0.1) is 0 Å². The number of aliphatic hydroxyl groups is 1. The average Bonchev–Trinajstić information content (AvgIpc) is 2.36. The van der Waals surface area contributed by atoms with Gasteiger partial charge >= 0.3 is 6.18 Å². The zero-order valence-electron chi connectivity index (χ0n) is 11.0. The molecule has 2 nitrogen and oxygen atoms in total. The van der Waals surface area contributed by atoms with E-state index in [1.165, 1.54) is 6.07 Å². The van der Waals surface area contributed by atoms with Crippen molar-refractivity contribution >= 4 is 5.78 Å². The molecule has 0 spiro atoms. The molecule has 0 saturated heterocycles. The van der Waals surface area contributed by atoms with E-state index in [9.17, 15) is 18.0 Å². The van der Waals surface area contributed by atoms with Crippen molar-refractivity contribution in [3.05, 3.63) is 34.9 Å². The Balaban J connectivity index is 2.78. The van der Waals surface area contributed by atoms with E-state index < -0.39 is 18.4 Å². The monoisotopic (exact) mass is 284 g/mol. The minimum absolute atomic E-state index is 0.0756. The quantitative estimate of drug-likeness (QED) is 0.682. The lowest BCUT2D eigenvalue weighted by atomic mass is 10.0. The van der Waals surface area contributed by atoms with Crippen LogP contribution in [0.4, 0.5) is 13.2 Å². The van der Waals surface area contributed by atoms with Crippen molar-refractivity contribution in [2.75, 3.05) is 6.61 Å². The van der Waals surface area contributed by atoms with Crippen LogP contribution < -0.4 is 0 Å². The first-order valence-electron chi connectivity index (χ1n) is 6.14. The summed E-state index contributed by atoms with van der Waals surface area (Å²) < 4.78 is 36.6. The zero-order chi connectivity index (χ0) is 15.2. The van der Waals surface area contributed by atoms with Crippen LogP contribution >= 0.6 is 0 Å². The summed E-state index contributed by atoms with van der Waals surface area (Å²) in [6.07, 6.45) is -4.29. The number of Topliss-reactive ketones (excluding diaryl/α,β-unsaturated/α-hetero) is 1. The van der Waals surface area contributed by atoms with Crippen molar-refractivity contribution in [3.8, 4) is 11.8 Å². The van der Waals surface area contributed by atoms with E-state index in [0.717, 1.165) is 0 Å². The van der Waals surface area contributed by atoms with Gasteiger partial charge in [-0.15, -0.1) is 0 Å². The molecule has 108 valence electrons. The maximum Gasteiger partial charge on any atom is 0.450 e. The summed E-state index contributed by atoms with van der Waals surface area (Å²) >= 11 is 0. The predicted octanol–water partition coefficient (Wildman–Crippen LogP) is 2.79. The molecule has 0 unspecified atom stereocenters. The highest BCUT2D eigenvalue weighted by molar-refractivity contribution is 5.86. The number of ketones is 1. The van der Waals surface area contributed by atoms with Gasteiger partial charge in [0.1, 0.15) is 0 Å². The van der Waals surface area contributed by atoms with E-state index in [2.05, 4.69) is 11.8 Å². The Hall–Kier alpha value is -1.80. The van der Waals surface area contributed by atoms with E-state index in [1.54, 1.807) is 19.1 Å². The van der Waals surface area contributed by atoms with Gasteiger partial charge in [0.15, 0.2) is 0 Å². The van der Waals surface area contributed by atoms with Gasteiger partial charge in [-0.05, 0) is 36.6 Å². The first kappa shape index (κ1) is 16.3. The van der Waals surface area contributed by atoms with Crippen LogP contribution in [0.3, 0.4) is 0 Å². The maximum atomic E-state index is 12.2. The molecule has 0 aromatic heterocycles. The predicted molar refractivity (Wildman–Crippen MR) is 69.1 cm³/mol. The first-order valence-corrected chi connectivity index (χ1v) is 6.14. The number of rotatable bonds is 4. The highest BCUT2D eigenvalue weighted by Crippen LogP contribution is 2.20. The van der Waals surface area contributed by atoms with E-state index in [-0.39, 0.29) is 6.61 Å². The fraction of sp³-hybridized carbons (Fsp3) is 0.400. The third kappa shape index (κ3) is 5.06. The summed E-state index contributed by atoms with van der Waals surface area (Å²) in [5.41, 5.74) is 1.65. The molecule has 1 aromatic carbocycles. The van der Waals surface area contributed by atoms with E-state index in [1.807, 2.05) is 0 Å². The maximum absolute atomic E-state index is 12.2. The second kappa shape index (κ2) is 7.11. The molecule has 0 fully saturated rings. The largest absolute Gasteiger partial charge is 0.450 e. The minimum atomic E-state index is -4.80. The molecule has 1 aromatic rings. The second-order valence-corrected chi connectivity index (χ2v) is 4.37. The fourth-order valence-electron chi connectivity index (χ4n) is 1.58. The van der Waals surface area contributed by atoms with Gasteiger partial charge in [0, 0.05) is 25.0 Å². The van der Waals surface area contributed by atoms with Gasteiger partial charge in [-0.3, -0.25) is 4.79 Å². The normalized spacial score (nSPS) is 10.8. The number of hydrogen-bond donors (Lipinski definition) is 1. The molecule has 5 heteroatoms. The molecule has 1 N–H and O–H groups in total. The molecule has 20 heavy (non-hydrogen) atoms. The molecule has 0 aliphatic carbocycles.